The fourth-order valence-electron chi connectivity index (χ4n) is 2.32. The third-order valence-corrected chi connectivity index (χ3v) is 4.68. The molecule has 3 aromatic rings. The fraction of sp³-hybridized carbons (Fsp3) is 0.118. The molecular weight excluding hydrogens is 388 g/mol. The van der Waals surface area contributed by atoms with E-state index in [0.717, 1.165) is 15.7 Å². The summed E-state index contributed by atoms with van der Waals surface area (Å²) in [7, 11) is 0. The molecule has 0 aliphatic carbocycles. The molecule has 0 radical (unpaired) electrons. The molecule has 2 aromatic heterocycles. The number of hydrazone groups is 1. The highest BCUT2D eigenvalue weighted by Crippen LogP contribution is 2.17. The number of hydrogen-bond acceptors (Lipinski definition) is 4. The summed E-state index contributed by atoms with van der Waals surface area (Å²) >= 11 is 5.09. The quantitative estimate of drug-likeness (QED) is 0.409. The first kappa shape index (κ1) is 16.7. The van der Waals surface area contributed by atoms with Crippen LogP contribution in [-0.2, 0) is 0 Å². The van der Waals surface area contributed by atoms with Crippen molar-refractivity contribution in [2.24, 2.45) is 5.10 Å². The van der Waals surface area contributed by atoms with Crippen LogP contribution in [-0.4, -0.2) is 27.8 Å². The Hall–Kier alpha value is -2.12. The lowest BCUT2D eigenvalue weighted by Gasteiger charge is -2.02. The minimum absolute atomic E-state index is 0.296. The average molecular weight is 403 g/mol. The molecular formula is C17H15BrN4OS. The zero-order valence-electron chi connectivity index (χ0n) is 13.2. The highest BCUT2D eigenvalue weighted by Gasteiger charge is 2.16. The van der Waals surface area contributed by atoms with Crippen molar-refractivity contribution < 1.29 is 4.79 Å². The zero-order valence-corrected chi connectivity index (χ0v) is 15.6. The molecule has 0 bridgehead atoms. The van der Waals surface area contributed by atoms with E-state index in [1.807, 2.05) is 48.9 Å². The second-order valence-electron chi connectivity index (χ2n) is 5.09. The summed E-state index contributed by atoms with van der Waals surface area (Å²) in [5, 5.41) is 4.04. The van der Waals surface area contributed by atoms with Crippen LogP contribution < -0.4 is 5.43 Å². The van der Waals surface area contributed by atoms with Crippen molar-refractivity contribution in [1.82, 2.24) is 14.8 Å². The first-order valence-electron chi connectivity index (χ1n) is 7.20. The smallest absolute Gasteiger partial charge is 0.290 e. The molecule has 1 N–H and O–H groups in total. The minimum atomic E-state index is -0.296. The van der Waals surface area contributed by atoms with Crippen LogP contribution in [0.3, 0.4) is 0 Å². The van der Waals surface area contributed by atoms with Crippen LogP contribution >= 0.6 is 27.7 Å². The van der Waals surface area contributed by atoms with Gasteiger partial charge >= 0.3 is 0 Å². The number of carbonyl (C=O) groups excluding carboxylic acids is 1. The molecule has 7 heteroatoms. The van der Waals surface area contributed by atoms with Crippen LogP contribution in [0.4, 0.5) is 0 Å². The van der Waals surface area contributed by atoms with Crippen LogP contribution in [0.1, 0.15) is 21.7 Å². The first-order valence-corrected chi connectivity index (χ1v) is 9.22. The maximum absolute atomic E-state index is 12.4. The number of fused-ring (bicyclic) bond motifs is 1. The number of halogens is 1. The van der Waals surface area contributed by atoms with Crippen molar-refractivity contribution in [3.63, 3.8) is 0 Å². The molecule has 0 saturated carbocycles. The standard InChI is InChI=1S/C17H15BrN4OS/c1-11-16(22-10-13(18)5-8-15(22)20-11)17(23)21-19-9-12-3-6-14(24-2)7-4-12/h3-10H,1-2H3,(H,21,23)/b19-9-. The number of amides is 1. The second-order valence-corrected chi connectivity index (χ2v) is 6.89. The van der Waals surface area contributed by atoms with E-state index in [0.29, 0.717) is 11.4 Å². The van der Waals surface area contributed by atoms with E-state index >= 15 is 0 Å². The van der Waals surface area contributed by atoms with Gasteiger partial charge in [0.05, 0.1) is 11.9 Å². The van der Waals surface area contributed by atoms with Crippen LogP contribution in [0.25, 0.3) is 5.65 Å². The Morgan fingerprint density at radius 1 is 1.29 bits per heavy atom. The number of pyridine rings is 1. The first-order chi connectivity index (χ1) is 11.6. The number of hydrogen-bond donors (Lipinski definition) is 1. The van der Waals surface area contributed by atoms with Gasteiger partial charge in [-0.15, -0.1) is 11.8 Å². The molecule has 0 unspecified atom stereocenters. The van der Waals surface area contributed by atoms with Gasteiger partial charge in [-0.1, -0.05) is 12.1 Å². The number of nitrogens with zero attached hydrogens (tertiary/aromatic N) is 3. The van der Waals surface area contributed by atoms with Crippen molar-refractivity contribution in [2.75, 3.05) is 6.26 Å². The molecule has 0 fully saturated rings. The van der Waals surface area contributed by atoms with Gasteiger partial charge in [-0.2, -0.15) is 5.10 Å². The van der Waals surface area contributed by atoms with E-state index in [2.05, 4.69) is 31.4 Å². The summed E-state index contributed by atoms with van der Waals surface area (Å²) in [4.78, 5) is 18.0. The second kappa shape index (κ2) is 7.19. The normalized spacial score (nSPS) is 11.3. The number of nitrogens with one attached hydrogen (secondary N) is 1. The van der Waals surface area contributed by atoms with Gasteiger partial charge in [-0.3, -0.25) is 9.20 Å². The van der Waals surface area contributed by atoms with Gasteiger partial charge in [-0.05, 0) is 58.9 Å². The van der Waals surface area contributed by atoms with Gasteiger partial charge in [0.15, 0.2) is 0 Å². The number of thioether (sulfide) groups is 1. The molecule has 0 spiro atoms. The van der Waals surface area contributed by atoms with Crippen molar-refractivity contribution in [1.29, 1.82) is 0 Å². The van der Waals surface area contributed by atoms with Crippen molar-refractivity contribution in [3.8, 4) is 0 Å². The molecule has 0 atom stereocenters. The van der Waals surface area contributed by atoms with Crippen LogP contribution in [0.2, 0.25) is 0 Å². The number of aryl methyl sites for hydroxylation is 1. The predicted molar refractivity (Wildman–Crippen MR) is 101 cm³/mol. The Labute approximate surface area is 152 Å². The number of aromatic nitrogens is 2. The SMILES string of the molecule is CSc1ccc(/C=N\NC(=O)c2c(C)nc3ccc(Br)cn23)cc1. The molecule has 24 heavy (non-hydrogen) atoms. The molecule has 0 aliphatic rings. The van der Waals surface area contributed by atoms with Crippen LogP contribution in [0, 0.1) is 6.92 Å². The van der Waals surface area contributed by atoms with Crippen molar-refractivity contribution >= 4 is 45.5 Å². The highest BCUT2D eigenvalue weighted by atomic mass is 79.9. The van der Waals surface area contributed by atoms with E-state index in [9.17, 15) is 4.79 Å². The number of benzene rings is 1. The summed E-state index contributed by atoms with van der Waals surface area (Å²) in [6.07, 6.45) is 5.46. The Balaban J connectivity index is 1.78. The van der Waals surface area contributed by atoms with Crippen molar-refractivity contribution in [3.05, 3.63) is 64.0 Å². The van der Waals surface area contributed by atoms with Gasteiger partial charge in [0, 0.05) is 15.6 Å². The summed E-state index contributed by atoms with van der Waals surface area (Å²) in [5.74, 6) is -0.296. The molecule has 0 saturated heterocycles. The molecule has 5 nitrogen and oxygen atoms in total. The molecule has 3 rings (SSSR count). The maximum atomic E-state index is 12.4. The van der Waals surface area contributed by atoms with Gasteiger partial charge < -0.3 is 0 Å². The topological polar surface area (TPSA) is 58.8 Å². The molecule has 1 aromatic carbocycles. The minimum Gasteiger partial charge on any atom is -0.294 e. The monoisotopic (exact) mass is 402 g/mol. The van der Waals surface area contributed by atoms with Gasteiger partial charge in [0.1, 0.15) is 11.3 Å². The van der Waals surface area contributed by atoms with Crippen molar-refractivity contribution in [2.45, 2.75) is 11.8 Å². The predicted octanol–water partition coefficient (Wildman–Crippen LogP) is 3.89. The molecule has 122 valence electrons. The highest BCUT2D eigenvalue weighted by molar-refractivity contribution is 9.10. The van der Waals surface area contributed by atoms with E-state index < -0.39 is 0 Å². The van der Waals surface area contributed by atoms with E-state index in [-0.39, 0.29) is 5.91 Å². The Morgan fingerprint density at radius 2 is 2.04 bits per heavy atom. The summed E-state index contributed by atoms with van der Waals surface area (Å²) in [6, 6.07) is 11.7. The third kappa shape index (κ3) is 3.52. The van der Waals surface area contributed by atoms with Crippen LogP contribution in [0.15, 0.2) is 57.1 Å². The number of imidazole rings is 1. The maximum Gasteiger partial charge on any atom is 0.290 e. The van der Waals surface area contributed by atoms with Gasteiger partial charge in [0.2, 0.25) is 0 Å². The molecule has 2 heterocycles. The Morgan fingerprint density at radius 3 is 2.75 bits per heavy atom. The number of rotatable bonds is 4. The zero-order chi connectivity index (χ0) is 17.1. The molecule has 1 amide bonds. The lowest BCUT2D eigenvalue weighted by molar-refractivity contribution is 0.0948. The Kier molecular flexibility index (Phi) is 5.01. The summed E-state index contributed by atoms with van der Waals surface area (Å²) < 4.78 is 2.62. The van der Waals surface area contributed by atoms with E-state index in [1.54, 1.807) is 29.3 Å². The largest absolute Gasteiger partial charge is 0.294 e. The number of carbonyl (C=O) groups is 1. The van der Waals surface area contributed by atoms with Gasteiger partial charge in [-0.25, -0.2) is 10.4 Å². The summed E-state index contributed by atoms with van der Waals surface area (Å²) in [6.45, 7) is 1.81. The van der Waals surface area contributed by atoms with E-state index in [1.165, 1.54) is 4.90 Å². The molecule has 0 aliphatic heterocycles. The van der Waals surface area contributed by atoms with Crippen LogP contribution in [0.5, 0.6) is 0 Å². The third-order valence-electron chi connectivity index (χ3n) is 3.47. The Bertz CT molecular complexity index is 918. The lowest BCUT2D eigenvalue weighted by atomic mass is 10.2. The fourth-order valence-corrected chi connectivity index (χ4v) is 3.06. The van der Waals surface area contributed by atoms with E-state index in [4.69, 9.17) is 0 Å². The summed E-state index contributed by atoms with van der Waals surface area (Å²) in [5.41, 5.74) is 5.34. The lowest BCUT2D eigenvalue weighted by Crippen LogP contribution is -2.20. The van der Waals surface area contributed by atoms with Gasteiger partial charge in [0.25, 0.3) is 5.91 Å². The average Bonchev–Trinajstić information content (AvgIpc) is 2.90.